The molecule has 2 aromatic carbocycles. The molecule has 1 aliphatic heterocycles. The number of ether oxygens (including phenoxy) is 1. The fourth-order valence-electron chi connectivity index (χ4n) is 4.12. The number of benzene rings is 2. The summed E-state index contributed by atoms with van der Waals surface area (Å²) in [5, 5.41) is 10.5. The summed E-state index contributed by atoms with van der Waals surface area (Å²) in [6.45, 7) is 4.14. The molecule has 6 heteroatoms. The van der Waals surface area contributed by atoms with Crippen LogP contribution in [-0.2, 0) is 21.8 Å². The number of carbonyl (C=O) groups is 1. The molecule has 4 aromatic rings. The van der Waals surface area contributed by atoms with Crippen molar-refractivity contribution >= 4 is 44.9 Å². The molecule has 0 saturated heterocycles. The Morgan fingerprint density at radius 3 is 2.28 bits per heavy atom. The third kappa shape index (κ3) is 2.83. The van der Waals surface area contributed by atoms with Gasteiger partial charge in [-0.25, -0.2) is 0 Å². The zero-order valence-corrected chi connectivity index (χ0v) is 17.1. The SMILES string of the molecule is CC(=O)N1N=C(CCn2c3ccccc3c3ccccc32)O[C@]1(C)c1cccs1. The molecule has 29 heavy (non-hydrogen) atoms. The van der Waals surface area contributed by atoms with E-state index in [9.17, 15) is 4.79 Å². The summed E-state index contributed by atoms with van der Waals surface area (Å²) < 4.78 is 8.54. The first-order valence-electron chi connectivity index (χ1n) is 9.65. The number of aromatic nitrogens is 1. The molecule has 5 rings (SSSR count). The number of para-hydroxylation sites is 2. The predicted octanol–water partition coefficient (Wildman–Crippen LogP) is 5.31. The molecule has 0 bridgehead atoms. The van der Waals surface area contributed by atoms with E-state index in [4.69, 9.17) is 4.74 Å². The van der Waals surface area contributed by atoms with Crippen LogP contribution in [0.15, 0.2) is 71.1 Å². The highest BCUT2D eigenvalue weighted by atomic mass is 32.1. The van der Waals surface area contributed by atoms with Gasteiger partial charge in [0.1, 0.15) is 0 Å². The highest BCUT2D eigenvalue weighted by molar-refractivity contribution is 7.10. The van der Waals surface area contributed by atoms with Gasteiger partial charge in [0.2, 0.25) is 17.5 Å². The fourth-order valence-corrected chi connectivity index (χ4v) is 4.93. The molecule has 0 fully saturated rings. The van der Waals surface area contributed by atoms with Crippen LogP contribution < -0.4 is 0 Å². The first-order valence-corrected chi connectivity index (χ1v) is 10.5. The molecule has 0 N–H and O–H groups in total. The standard InChI is InChI=1S/C23H21N3O2S/c1-16(27)26-23(2,21-12-7-15-29-21)28-22(24-26)13-14-25-19-10-5-3-8-17(19)18-9-4-6-11-20(18)25/h3-12,15H,13-14H2,1-2H3/t23-/m1/s1. The van der Waals surface area contributed by atoms with Crippen molar-refractivity contribution in [2.24, 2.45) is 5.10 Å². The van der Waals surface area contributed by atoms with Crippen LogP contribution >= 0.6 is 11.3 Å². The summed E-state index contributed by atoms with van der Waals surface area (Å²) >= 11 is 1.56. The second kappa shape index (κ2) is 6.74. The predicted molar refractivity (Wildman–Crippen MR) is 117 cm³/mol. The summed E-state index contributed by atoms with van der Waals surface area (Å²) in [7, 11) is 0. The van der Waals surface area contributed by atoms with E-state index in [-0.39, 0.29) is 5.91 Å². The lowest BCUT2D eigenvalue weighted by Gasteiger charge is -2.29. The third-order valence-corrected chi connectivity index (χ3v) is 6.50. The Labute approximate surface area is 172 Å². The van der Waals surface area contributed by atoms with Crippen LogP contribution in [-0.4, -0.2) is 21.4 Å². The zero-order chi connectivity index (χ0) is 20.0. The second-order valence-corrected chi connectivity index (χ2v) is 8.27. The summed E-state index contributed by atoms with van der Waals surface area (Å²) in [4.78, 5) is 13.2. The molecular weight excluding hydrogens is 382 g/mol. The number of hydrogen-bond acceptors (Lipinski definition) is 4. The molecule has 0 aliphatic carbocycles. The first-order chi connectivity index (χ1) is 14.1. The number of amides is 1. The van der Waals surface area contributed by atoms with Crippen LogP contribution in [0.5, 0.6) is 0 Å². The van der Waals surface area contributed by atoms with Crippen molar-refractivity contribution in [3.05, 3.63) is 70.9 Å². The van der Waals surface area contributed by atoms with Gasteiger partial charge in [-0.15, -0.1) is 16.4 Å². The molecule has 2 aromatic heterocycles. The Bertz CT molecular complexity index is 1190. The van der Waals surface area contributed by atoms with E-state index in [2.05, 4.69) is 58.2 Å². The molecule has 1 atom stereocenters. The molecule has 1 aliphatic rings. The van der Waals surface area contributed by atoms with Gasteiger partial charge in [-0.2, -0.15) is 5.01 Å². The lowest BCUT2D eigenvalue weighted by atomic mass is 10.2. The molecule has 0 unspecified atom stereocenters. The van der Waals surface area contributed by atoms with E-state index in [0.717, 1.165) is 11.4 Å². The minimum atomic E-state index is -0.879. The van der Waals surface area contributed by atoms with Crippen molar-refractivity contribution in [2.45, 2.75) is 32.5 Å². The van der Waals surface area contributed by atoms with Gasteiger partial charge in [-0.05, 0) is 23.6 Å². The summed E-state index contributed by atoms with van der Waals surface area (Å²) in [6.07, 6.45) is 0.605. The van der Waals surface area contributed by atoms with Crippen LogP contribution in [0.2, 0.25) is 0 Å². The maximum Gasteiger partial charge on any atom is 0.243 e. The van der Waals surface area contributed by atoms with E-state index >= 15 is 0 Å². The van der Waals surface area contributed by atoms with E-state index in [1.165, 1.54) is 33.7 Å². The molecule has 3 heterocycles. The Kier molecular flexibility index (Phi) is 4.17. The minimum Gasteiger partial charge on any atom is -0.446 e. The lowest BCUT2D eigenvalue weighted by Crippen LogP contribution is -2.40. The molecule has 0 radical (unpaired) electrons. The third-order valence-electron chi connectivity index (χ3n) is 5.44. The molecule has 1 amide bonds. The van der Waals surface area contributed by atoms with Gasteiger partial charge < -0.3 is 9.30 Å². The van der Waals surface area contributed by atoms with Crippen molar-refractivity contribution < 1.29 is 9.53 Å². The van der Waals surface area contributed by atoms with Crippen molar-refractivity contribution in [1.82, 2.24) is 9.58 Å². The number of aryl methyl sites for hydroxylation is 1. The van der Waals surface area contributed by atoms with E-state index in [0.29, 0.717) is 12.3 Å². The zero-order valence-electron chi connectivity index (χ0n) is 16.3. The number of carbonyl (C=O) groups excluding carboxylic acids is 1. The van der Waals surface area contributed by atoms with Gasteiger partial charge in [0.15, 0.2) is 0 Å². The maximum absolute atomic E-state index is 12.2. The molecule has 146 valence electrons. The van der Waals surface area contributed by atoms with Crippen molar-refractivity contribution in [3.63, 3.8) is 0 Å². The van der Waals surface area contributed by atoms with Gasteiger partial charge in [-0.1, -0.05) is 42.5 Å². The van der Waals surface area contributed by atoms with Crippen molar-refractivity contribution in [1.29, 1.82) is 0 Å². The lowest BCUT2D eigenvalue weighted by molar-refractivity contribution is -0.145. The number of nitrogens with zero attached hydrogens (tertiary/aromatic N) is 3. The number of thiophene rings is 1. The number of hydrazone groups is 1. The monoisotopic (exact) mass is 403 g/mol. The van der Waals surface area contributed by atoms with E-state index in [1.807, 2.05) is 24.4 Å². The molecule has 5 nitrogen and oxygen atoms in total. The summed E-state index contributed by atoms with van der Waals surface area (Å²) in [6, 6.07) is 20.8. The highest BCUT2D eigenvalue weighted by Gasteiger charge is 2.45. The second-order valence-electron chi connectivity index (χ2n) is 7.32. The van der Waals surface area contributed by atoms with Crippen molar-refractivity contribution in [3.8, 4) is 0 Å². The first kappa shape index (κ1) is 17.9. The molecule has 0 saturated carbocycles. The Morgan fingerprint density at radius 2 is 1.69 bits per heavy atom. The van der Waals surface area contributed by atoms with E-state index in [1.54, 1.807) is 11.3 Å². The van der Waals surface area contributed by atoms with Crippen LogP contribution in [0, 0.1) is 0 Å². The normalized spacial score (nSPS) is 19.0. The Morgan fingerprint density at radius 1 is 1.03 bits per heavy atom. The summed E-state index contributed by atoms with van der Waals surface area (Å²) in [5.41, 5.74) is 1.50. The quantitative estimate of drug-likeness (QED) is 0.463. The smallest absolute Gasteiger partial charge is 0.243 e. The van der Waals surface area contributed by atoms with Gasteiger partial charge in [0.25, 0.3) is 0 Å². The summed E-state index contributed by atoms with van der Waals surface area (Å²) in [5.74, 6) is 0.450. The van der Waals surface area contributed by atoms with Crippen LogP contribution in [0.4, 0.5) is 0 Å². The van der Waals surface area contributed by atoms with Crippen LogP contribution in [0.3, 0.4) is 0 Å². The van der Waals surface area contributed by atoms with Crippen molar-refractivity contribution in [2.75, 3.05) is 0 Å². The largest absolute Gasteiger partial charge is 0.446 e. The highest BCUT2D eigenvalue weighted by Crippen LogP contribution is 2.38. The average Bonchev–Trinajstić information content (AvgIpc) is 3.44. The van der Waals surface area contributed by atoms with Crippen LogP contribution in [0.1, 0.15) is 25.1 Å². The maximum atomic E-state index is 12.2. The average molecular weight is 404 g/mol. The molecular formula is C23H21N3O2S. The fraction of sp³-hybridized carbons (Fsp3) is 0.217. The van der Waals surface area contributed by atoms with Gasteiger partial charge in [-0.3, -0.25) is 4.79 Å². The van der Waals surface area contributed by atoms with Gasteiger partial charge in [0, 0.05) is 48.6 Å². The topological polar surface area (TPSA) is 46.8 Å². The number of hydrogen-bond donors (Lipinski definition) is 0. The number of fused-ring (bicyclic) bond motifs is 3. The van der Waals surface area contributed by atoms with Crippen LogP contribution in [0.25, 0.3) is 21.8 Å². The number of rotatable bonds is 4. The van der Waals surface area contributed by atoms with Gasteiger partial charge >= 0.3 is 0 Å². The van der Waals surface area contributed by atoms with E-state index < -0.39 is 5.72 Å². The molecule has 0 spiro atoms. The minimum absolute atomic E-state index is 0.132. The Balaban J connectivity index is 1.48. The Hall–Kier alpha value is -3.12. The van der Waals surface area contributed by atoms with Gasteiger partial charge in [0.05, 0.1) is 4.88 Å².